The van der Waals surface area contributed by atoms with Crippen LogP contribution in [0.1, 0.15) is 48.4 Å². The van der Waals surface area contributed by atoms with Gasteiger partial charge in [0.1, 0.15) is 5.75 Å². The van der Waals surface area contributed by atoms with Crippen molar-refractivity contribution in [2.75, 3.05) is 38.1 Å². The molecular formula is C24H33N3O3. The van der Waals surface area contributed by atoms with Gasteiger partial charge in [-0.15, -0.1) is 0 Å². The molecule has 0 bridgehead atoms. The molecular weight excluding hydrogens is 378 g/mol. The summed E-state index contributed by atoms with van der Waals surface area (Å²) >= 11 is 0. The van der Waals surface area contributed by atoms with Gasteiger partial charge in [0.15, 0.2) is 0 Å². The molecule has 162 valence electrons. The first-order valence-corrected chi connectivity index (χ1v) is 10.6. The van der Waals surface area contributed by atoms with Crippen molar-refractivity contribution in [2.24, 2.45) is 5.92 Å². The summed E-state index contributed by atoms with van der Waals surface area (Å²) in [6, 6.07) is 14.0. The lowest BCUT2D eigenvalue weighted by atomic mass is 10.1. The summed E-state index contributed by atoms with van der Waals surface area (Å²) in [7, 11) is 0. The van der Waals surface area contributed by atoms with Gasteiger partial charge in [-0.2, -0.15) is 0 Å². The summed E-state index contributed by atoms with van der Waals surface area (Å²) < 4.78 is 5.64. The van der Waals surface area contributed by atoms with Gasteiger partial charge < -0.3 is 20.3 Å². The Labute approximate surface area is 179 Å². The van der Waals surface area contributed by atoms with E-state index in [0.29, 0.717) is 35.9 Å². The van der Waals surface area contributed by atoms with E-state index in [-0.39, 0.29) is 11.8 Å². The molecule has 2 rings (SSSR count). The lowest BCUT2D eigenvalue weighted by Crippen LogP contribution is -2.34. The fourth-order valence-corrected chi connectivity index (χ4v) is 2.84. The van der Waals surface area contributed by atoms with Gasteiger partial charge in [0.25, 0.3) is 11.8 Å². The molecule has 0 aromatic heterocycles. The van der Waals surface area contributed by atoms with Crippen molar-refractivity contribution < 1.29 is 14.3 Å². The molecule has 0 radical (unpaired) electrons. The summed E-state index contributed by atoms with van der Waals surface area (Å²) in [5.74, 6) is 0.871. The van der Waals surface area contributed by atoms with Crippen molar-refractivity contribution in [3.05, 3.63) is 59.7 Å². The average molecular weight is 412 g/mol. The van der Waals surface area contributed by atoms with Crippen LogP contribution in [0.25, 0.3) is 0 Å². The third-order valence-corrected chi connectivity index (χ3v) is 4.71. The van der Waals surface area contributed by atoms with Crippen molar-refractivity contribution in [3.63, 3.8) is 0 Å². The Bertz CT molecular complexity index is 797. The number of hydrogen-bond acceptors (Lipinski definition) is 4. The monoisotopic (exact) mass is 411 g/mol. The third-order valence-electron chi connectivity index (χ3n) is 4.71. The summed E-state index contributed by atoms with van der Waals surface area (Å²) in [6.07, 6.45) is 0. The molecule has 0 fully saturated rings. The van der Waals surface area contributed by atoms with Crippen molar-refractivity contribution in [2.45, 2.75) is 27.7 Å². The van der Waals surface area contributed by atoms with Gasteiger partial charge >= 0.3 is 0 Å². The number of nitrogens with one attached hydrogen (secondary N) is 2. The van der Waals surface area contributed by atoms with Crippen LogP contribution in [0.3, 0.4) is 0 Å². The predicted molar refractivity (Wildman–Crippen MR) is 121 cm³/mol. The highest BCUT2D eigenvalue weighted by atomic mass is 16.5. The number of rotatable bonds is 11. The van der Waals surface area contributed by atoms with Crippen LogP contribution in [-0.4, -0.2) is 49.5 Å². The smallest absolute Gasteiger partial charge is 0.255 e. The second-order valence-corrected chi connectivity index (χ2v) is 7.54. The predicted octanol–water partition coefficient (Wildman–Crippen LogP) is 4.05. The molecule has 0 atom stereocenters. The molecule has 0 saturated heterocycles. The Kier molecular flexibility index (Phi) is 9.35. The number of carbonyl (C=O) groups is 2. The standard InChI is InChI=1S/C24H33N3O3/c1-5-27(6-2)16-15-25-23(28)19-7-11-21(12-8-19)26-24(29)20-9-13-22(14-10-20)30-17-18(3)4/h7-14,18H,5-6,15-17H2,1-4H3,(H,25,28)(H,26,29). The average Bonchev–Trinajstić information content (AvgIpc) is 2.76. The molecule has 0 aliphatic heterocycles. The first-order valence-electron chi connectivity index (χ1n) is 10.6. The Balaban J connectivity index is 1.86. The van der Waals surface area contributed by atoms with Crippen molar-refractivity contribution in [1.82, 2.24) is 10.2 Å². The molecule has 2 N–H and O–H groups in total. The van der Waals surface area contributed by atoms with Crippen molar-refractivity contribution >= 4 is 17.5 Å². The summed E-state index contributed by atoms with van der Waals surface area (Å²) in [5.41, 5.74) is 1.75. The minimum absolute atomic E-state index is 0.114. The Hall–Kier alpha value is -2.86. The minimum atomic E-state index is -0.207. The number of benzene rings is 2. The quantitative estimate of drug-likeness (QED) is 0.585. The first-order chi connectivity index (χ1) is 14.4. The first kappa shape index (κ1) is 23.4. The zero-order valence-corrected chi connectivity index (χ0v) is 18.4. The zero-order valence-electron chi connectivity index (χ0n) is 18.4. The maximum absolute atomic E-state index is 12.4. The van der Waals surface area contributed by atoms with E-state index in [1.165, 1.54) is 0 Å². The molecule has 0 heterocycles. The number of nitrogens with zero attached hydrogens (tertiary/aromatic N) is 1. The third kappa shape index (κ3) is 7.52. The molecule has 2 aromatic rings. The summed E-state index contributed by atoms with van der Waals surface area (Å²) in [6.45, 7) is 12.4. The van der Waals surface area contributed by atoms with Crippen molar-refractivity contribution in [3.8, 4) is 5.75 Å². The second kappa shape index (κ2) is 12.0. The lowest BCUT2D eigenvalue weighted by molar-refractivity contribution is 0.0948. The van der Waals surface area contributed by atoms with Crippen LogP contribution in [0.2, 0.25) is 0 Å². The number of carbonyl (C=O) groups excluding carboxylic acids is 2. The molecule has 2 aromatic carbocycles. The van der Waals surface area contributed by atoms with Gasteiger partial charge in [0, 0.05) is 29.9 Å². The maximum atomic E-state index is 12.4. The van der Waals surface area contributed by atoms with E-state index in [4.69, 9.17) is 4.74 Å². The van der Waals surface area contributed by atoms with Crippen LogP contribution in [0.15, 0.2) is 48.5 Å². The number of amides is 2. The molecule has 0 unspecified atom stereocenters. The molecule has 0 saturated carbocycles. The van der Waals surface area contributed by atoms with Crippen LogP contribution in [0, 0.1) is 5.92 Å². The van der Waals surface area contributed by atoms with E-state index >= 15 is 0 Å². The number of hydrogen-bond donors (Lipinski definition) is 2. The van der Waals surface area contributed by atoms with E-state index in [9.17, 15) is 9.59 Å². The number of anilines is 1. The zero-order chi connectivity index (χ0) is 21.9. The van der Waals surface area contributed by atoms with Gasteiger partial charge in [0.05, 0.1) is 6.61 Å². The van der Waals surface area contributed by atoms with Crippen LogP contribution in [0.4, 0.5) is 5.69 Å². The lowest BCUT2D eigenvalue weighted by Gasteiger charge is -2.18. The maximum Gasteiger partial charge on any atom is 0.255 e. The number of ether oxygens (including phenoxy) is 1. The van der Waals surface area contributed by atoms with Crippen LogP contribution in [0.5, 0.6) is 5.75 Å². The Morgan fingerprint density at radius 2 is 1.47 bits per heavy atom. The SMILES string of the molecule is CCN(CC)CCNC(=O)c1ccc(NC(=O)c2ccc(OCC(C)C)cc2)cc1. The van der Waals surface area contributed by atoms with Crippen molar-refractivity contribution in [1.29, 1.82) is 0 Å². The second-order valence-electron chi connectivity index (χ2n) is 7.54. The summed E-state index contributed by atoms with van der Waals surface area (Å²) in [4.78, 5) is 26.9. The van der Waals surface area contributed by atoms with Gasteiger partial charge in [-0.25, -0.2) is 0 Å². The fourth-order valence-electron chi connectivity index (χ4n) is 2.84. The molecule has 6 nitrogen and oxygen atoms in total. The summed E-state index contributed by atoms with van der Waals surface area (Å²) in [5, 5.41) is 5.78. The van der Waals surface area contributed by atoms with E-state index in [1.807, 2.05) is 0 Å². The topological polar surface area (TPSA) is 70.7 Å². The Morgan fingerprint density at radius 1 is 0.900 bits per heavy atom. The normalized spacial score (nSPS) is 10.9. The van der Waals surface area contributed by atoms with Crippen LogP contribution >= 0.6 is 0 Å². The molecule has 0 aliphatic carbocycles. The molecule has 6 heteroatoms. The van der Waals surface area contributed by atoms with Gasteiger partial charge in [0.2, 0.25) is 0 Å². The minimum Gasteiger partial charge on any atom is -0.493 e. The van der Waals surface area contributed by atoms with Gasteiger partial charge in [-0.3, -0.25) is 9.59 Å². The van der Waals surface area contributed by atoms with Gasteiger partial charge in [-0.1, -0.05) is 27.7 Å². The van der Waals surface area contributed by atoms with E-state index in [1.54, 1.807) is 48.5 Å². The van der Waals surface area contributed by atoms with Crippen LogP contribution in [-0.2, 0) is 0 Å². The highest BCUT2D eigenvalue weighted by Crippen LogP contribution is 2.16. The van der Waals surface area contributed by atoms with E-state index < -0.39 is 0 Å². The highest BCUT2D eigenvalue weighted by Gasteiger charge is 2.09. The van der Waals surface area contributed by atoms with Crippen LogP contribution < -0.4 is 15.4 Å². The van der Waals surface area contributed by atoms with E-state index in [2.05, 4.69) is 43.2 Å². The number of likely N-dealkylation sites (N-methyl/N-ethyl adjacent to an activating group) is 1. The molecule has 0 aliphatic rings. The van der Waals surface area contributed by atoms with Gasteiger partial charge in [-0.05, 0) is 67.5 Å². The van der Waals surface area contributed by atoms with E-state index in [0.717, 1.165) is 25.4 Å². The highest BCUT2D eigenvalue weighted by molar-refractivity contribution is 6.04. The fraction of sp³-hybridized carbons (Fsp3) is 0.417. The molecule has 2 amide bonds. The Morgan fingerprint density at radius 3 is 2.03 bits per heavy atom. The largest absolute Gasteiger partial charge is 0.493 e. The molecule has 0 spiro atoms. The molecule has 30 heavy (non-hydrogen) atoms.